The van der Waals surface area contributed by atoms with Gasteiger partial charge in [-0.1, -0.05) is 286 Å². The van der Waals surface area contributed by atoms with Crippen molar-refractivity contribution in [2.24, 2.45) is 16.2 Å². The molecule has 0 atom stereocenters. The predicted molar refractivity (Wildman–Crippen MR) is 458 cm³/mol. The van der Waals surface area contributed by atoms with E-state index >= 15 is 0 Å². The number of hydrogen-bond donors (Lipinski definition) is 0. The summed E-state index contributed by atoms with van der Waals surface area (Å²) in [6.07, 6.45) is -0.563. The van der Waals surface area contributed by atoms with Crippen LogP contribution in [0.2, 0.25) is 0 Å². The highest BCUT2D eigenvalue weighted by atomic mass is 15.2. The molecule has 2 aliphatic heterocycles. The Morgan fingerprint density at radius 3 is 1.05 bits per heavy atom. The number of nitrogens with zero attached hydrogens (tertiary/aromatic N) is 4. The molecule has 0 fully saturated rings. The monoisotopic (exact) mass is 1390 g/mol. The molecule has 106 heavy (non-hydrogen) atoms. The van der Waals surface area contributed by atoms with Crippen molar-refractivity contribution in [1.29, 1.82) is 0 Å². The molecule has 5 heteroatoms. The SMILES string of the molecule is [2H]c1c([2H])c([2H])c2c(c1[2H])c1cc(C(C)(C)C)ccc1n2-c1ccc2c(c1)N(c1cc(-c3ccccc3)c(CC(C)(C)C)cc1-c1ccccc1)c1cc(C([2H])([2H])C(C)(C)C)cc3c1B2c1ccc(-n2c4ccc(C(C)(C)C)cc4c4c([2H])c([2H])c([2H])c([2H])c42)cc1N3c1cc(-c2ccccc2)c(CC(C)(C)C)cc1-c1ccccc1. The lowest BCUT2D eigenvalue weighted by Crippen LogP contribution is -2.61. The van der Waals surface area contributed by atoms with Crippen molar-refractivity contribution < 1.29 is 13.7 Å². The minimum atomic E-state index is -2.03. The van der Waals surface area contributed by atoms with Gasteiger partial charge in [0, 0.05) is 69.5 Å². The van der Waals surface area contributed by atoms with E-state index in [4.69, 9.17) is 0 Å². The molecule has 17 rings (SSSR count). The lowest BCUT2D eigenvalue weighted by Gasteiger charge is -2.46. The maximum Gasteiger partial charge on any atom is 0.252 e. The van der Waals surface area contributed by atoms with Gasteiger partial charge >= 0.3 is 0 Å². The van der Waals surface area contributed by atoms with Gasteiger partial charge in [0.05, 0.1) is 44.4 Å². The third-order valence-corrected chi connectivity index (χ3v) is 21.3. The van der Waals surface area contributed by atoms with Gasteiger partial charge in [0.25, 0.3) is 6.71 Å². The van der Waals surface area contributed by atoms with Crippen LogP contribution in [0.4, 0.5) is 34.1 Å². The van der Waals surface area contributed by atoms with E-state index < -0.39 is 18.5 Å². The Bertz CT molecular complexity index is 6170. The zero-order valence-corrected chi connectivity index (χ0v) is 63.7. The van der Waals surface area contributed by atoms with Gasteiger partial charge in [-0.05, 0) is 221 Å². The predicted octanol–water partition coefficient (Wildman–Crippen LogP) is 26.0. The number of anilines is 6. The van der Waals surface area contributed by atoms with Crippen LogP contribution in [0.3, 0.4) is 0 Å². The largest absolute Gasteiger partial charge is 0.311 e. The van der Waals surface area contributed by atoms with E-state index in [0.29, 0.717) is 60.5 Å². The molecule has 0 radical (unpaired) electrons. The molecule has 2 aliphatic rings. The Balaban J connectivity index is 1.09. The van der Waals surface area contributed by atoms with Gasteiger partial charge in [-0.2, -0.15) is 0 Å². The first-order valence-corrected chi connectivity index (χ1v) is 37.5. The second kappa shape index (κ2) is 25.4. The second-order valence-corrected chi connectivity index (χ2v) is 35.0. The van der Waals surface area contributed by atoms with Crippen LogP contribution in [0.1, 0.15) is 145 Å². The van der Waals surface area contributed by atoms with Crippen LogP contribution in [-0.2, 0) is 30.0 Å². The minimum Gasteiger partial charge on any atom is -0.311 e. The third-order valence-electron chi connectivity index (χ3n) is 21.3. The van der Waals surface area contributed by atoms with Crippen molar-refractivity contribution in [2.75, 3.05) is 9.80 Å². The molecular weight excluding hydrogens is 1280 g/mol. The fraction of sp³-hybridized carbons (Fsp3) is 0.228. The van der Waals surface area contributed by atoms with Gasteiger partial charge < -0.3 is 18.9 Å². The summed E-state index contributed by atoms with van der Waals surface area (Å²) in [5.74, 6) is 0. The van der Waals surface area contributed by atoms with Gasteiger partial charge in [0.2, 0.25) is 0 Å². The molecule has 0 bridgehead atoms. The number of fused-ring (bicyclic) bond motifs is 10. The van der Waals surface area contributed by atoms with Crippen molar-refractivity contribution in [1.82, 2.24) is 9.13 Å². The molecule has 0 saturated carbocycles. The average Bonchev–Trinajstić information content (AvgIpc) is 0.730. The van der Waals surface area contributed by atoms with Crippen LogP contribution in [0.5, 0.6) is 0 Å². The van der Waals surface area contributed by atoms with Crippen molar-refractivity contribution in [3.05, 3.63) is 307 Å². The highest BCUT2D eigenvalue weighted by Gasteiger charge is 2.46. The van der Waals surface area contributed by atoms with Gasteiger partial charge in [0.1, 0.15) is 0 Å². The molecule has 524 valence electrons. The topological polar surface area (TPSA) is 16.3 Å². The number of benzene rings is 13. The number of para-hydroxylation sites is 2. The summed E-state index contributed by atoms with van der Waals surface area (Å²) in [5, 5.41) is 2.25. The van der Waals surface area contributed by atoms with Crippen molar-refractivity contribution in [2.45, 2.75) is 134 Å². The normalized spacial score (nSPS) is 14.8. The van der Waals surface area contributed by atoms with Crippen LogP contribution < -0.4 is 26.2 Å². The maximum atomic E-state index is 10.9. The zero-order chi connectivity index (χ0) is 82.3. The fourth-order valence-electron chi connectivity index (χ4n) is 16.7. The van der Waals surface area contributed by atoms with E-state index in [2.05, 4.69) is 311 Å². The van der Waals surface area contributed by atoms with Gasteiger partial charge in [-0.15, -0.1) is 0 Å². The smallest absolute Gasteiger partial charge is 0.252 e. The molecule has 13 aromatic carbocycles. The highest BCUT2D eigenvalue weighted by molar-refractivity contribution is 7.00. The standard InChI is InChI=1S/C101H97BN4/c1-97(2,3)62-65-52-94-96-95(53-65)106(91-61-79(67-34-22-17-23-35-67)71(64-99(7,8)9)55-81(91)69-38-26-19-27-39-69)93-59-75(104-87-43-31-29-41-77(87)83-57-73(101(13,14)15)45-51-89(83)104)47-49-85(93)102(96)84-48-46-74(103-86-42-30-28-40-76(86)82-56-72(100(10,11)12)44-50-88(82)103)58-92(84)105(94)90-60-78(66-32-20-16-21-33-66)70(63-98(4,5)6)54-80(90)68-36-24-18-25-37-68/h16-61H,62-64H2,1-15H3/i28D,29D,30D,31D,40D,41D,42D,43D,62D2. The number of aromatic nitrogens is 2. The summed E-state index contributed by atoms with van der Waals surface area (Å²) in [4.78, 5) is 4.78. The molecule has 0 aliphatic carbocycles. The van der Waals surface area contributed by atoms with Crippen LogP contribution in [-0.4, -0.2) is 15.8 Å². The first kappa shape index (κ1) is 57.4. The number of rotatable bonds is 11. The first-order valence-electron chi connectivity index (χ1n) is 42.5. The van der Waals surface area contributed by atoms with Crippen molar-refractivity contribution in [3.8, 4) is 55.9 Å². The summed E-state index contributed by atoms with van der Waals surface area (Å²) < 4.78 is 103. The lowest BCUT2D eigenvalue weighted by atomic mass is 9.33. The van der Waals surface area contributed by atoms with Crippen molar-refractivity contribution >= 4 is 101 Å². The molecule has 0 spiro atoms. The van der Waals surface area contributed by atoms with Crippen LogP contribution >= 0.6 is 0 Å². The van der Waals surface area contributed by atoms with Gasteiger partial charge in [-0.25, -0.2) is 0 Å². The zero-order valence-electron chi connectivity index (χ0n) is 73.7. The molecule has 0 N–H and O–H groups in total. The van der Waals surface area contributed by atoms with E-state index in [-0.39, 0.29) is 70.0 Å². The van der Waals surface area contributed by atoms with E-state index in [1.54, 1.807) is 0 Å². The summed E-state index contributed by atoms with van der Waals surface area (Å²) in [5.41, 5.74) is 21.7. The average molecular weight is 1390 g/mol. The molecule has 4 heterocycles. The van der Waals surface area contributed by atoms with Crippen molar-refractivity contribution in [3.63, 3.8) is 0 Å². The molecule has 0 amide bonds. The second-order valence-electron chi connectivity index (χ2n) is 35.0. The van der Waals surface area contributed by atoms with E-state index in [1.807, 2.05) is 42.0 Å². The molecule has 4 nitrogen and oxygen atoms in total. The fourth-order valence-corrected chi connectivity index (χ4v) is 16.7. The summed E-state index contributed by atoms with van der Waals surface area (Å²) in [7, 11) is 0. The Morgan fingerprint density at radius 1 is 0.321 bits per heavy atom. The van der Waals surface area contributed by atoms with Crippen LogP contribution in [0.15, 0.2) is 279 Å². The molecule has 0 saturated heterocycles. The Morgan fingerprint density at radius 2 is 0.689 bits per heavy atom. The molecular formula is C101H97BN4. The molecule has 0 unspecified atom stereocenters. The Kier molecular flexibility index (Phi) is 13.8. The van der Waals surface area contributed by atoms with Crippen LogP contribution in [0.25, 0.3) is 99.5 Å². The van der Waals surface area contributed by atoms with E-state index in [0.717, 1.165) is 130 Å². The van der Waals surface area contributed by atoms with E-state index in [9.17, 15) is 13.7 Å². The minimum absolute atomic E-state index is 0.123. The molecule has 15 aromatic rings. The summed E-state index contributed by atoms with van der Waals surface area (Å²) in [6, 6.07) is 79.8. The Hall–Kier alpha value is -10.9. The van der Waals surface area contributed by atoms with Gasteiger partial charge in [0.15, 0.2) is 0 Å². The lowest BCUT2D eigenvalue weighted by molar-refractivity contribution is 0.411. The first-order chi connectivity index (χ1) is 54.8. The summed E-state index contributed by atoms with van der Waals surface area (Å²) >= 11 is 0. The van der Waals surface area contributed by atoms with Crippen LogP contribution in [0, 0.1) is 16.2 Å². The molecule has 2 aromatic heterocycles. The van der Waals surface area contributed by atoms with Gasteiger partial charge in [-0.3, -0.25) is 0 Å². The highest BCUT2D eigenvalue weighted by Crippen LogP contribution is 2.53. The quantitative estimate of drug-likeness (QED) is 0.120. The maximum absolute atomic E-state index is 10.9. The third kappa shape index (κ3) is 12.2. The van der Waals surface area contributed by atoms with E-state index in [1.165, 1.54) is 0 Å². The Labute approximate surface area is 642 Å². The number of hydrogen-bond acceptors (Lipinski definition) is 2. The summed E-state index contributed by atoms with van der Waals surface area (Å²) in [6.45, 7) is 31.9.